The second kappa shape index (κ2) is 12.0. The van der Waals surface area contributed by atoms with E-state index in [9.17, 15) is 18.0 Å². The van der Waals surface area contributed by atoms with E-state index >= 15 is 0 Å². The molecule has 0 bridgehead atoms. The number of anilines is 1. The first kappa shape index (κ1) is 32.0. The van der Waals surface area contributed by atoms with Crippen molar-refractivity contribution in [1.82, 2.24) is 24.9 Å². The lowest BCUT2D eigenvalue weighted by Crippen LogP contribution is -2.30. The number of nitrogens with one attached hydrogen (secondary N) is 2. The number of sulfonamides is 1. The highest BCUT2D eigenvalue weighted by atomic mass is 32.2. The summed E-state index contributed by atoms with van der Waals surface area (Å²) in [5, 5.41) is 6.60. The number of carbonyl (C=O) groups excluding carboxylic acids is 2. The van der Waals surface area contributed by atoms with Crippen molar-refractivity contribution in [2.24, 2.45) is 5.41 Å². The fraction of sp³-hybridized carbons (Fsp3) is 0.314. The number of hydrogen-bond acceptors (Lipinski definition) is 7. The fourth-order valence-corrected chi connectivity index (χ4v) is 7.42. The number of hydrogen-bond donors (Lipinski definition) is 2. The number of carbonyl (C=O) groups is 2. The number of aryl methyl sites for hydroxylation is 2. The van der Waals surface area contributed by atoms with Crippen molar-refractivity contribution >= 4 is 38.8 Å². The lowest BCUT2D eigenvalue weighted by molar-refractivity contribution is -0.135. The zero-order valence-corrected chi connectivity index (χ0v) is 28.2. The van der Waals surface area contributed by atoms with E-state index in [1.54, 1.807) is 51.2 Å². The van der Waals surface area contributed by atoms with Crippen molar-refractivity contribution in [1.29, 1.82) is 0 Å². The summed E-state index contributed by atoms with van der Waals surface area (Å²) in [6.07, 6.45) is 0.730. The van der Waals surface area contributed by atoms with Crippen LogP contribution < -0.4 is 10.0 Å². The minimum atomic E-state index is -4.09. The molecule has 244 valence electrons. The summed E-state index contributed by atoms with van der Waals surface area (Å²) in [7, 11) is -2.49. The average molecular weight is 655 g/mol. The van der Waals surface area contributed by atoms with Crippen LogP contribution in [0.1, 0.15) is 58.8 Å². The highest BCUT2D eigenvalue weighted by Gasteiger charge is 2.38. The van der Waals surface area contributed by atoms with E-state index in [1.165, 1.54) is 0 Å². The lowest BCUT2D eigenvalue weighted by Gasteiger charge is -2.23. The molecule has 1 fully saturated rings. The highest BCUT2D eigenvalue weighted by molar-refractivity contribution is 7.92. The summed E-state index contributed by atoms with van der Waals surface area (Å²) in [4.78, 5) is 32.7. The molecule has 0 radical (unpaired) electrons. The van der Waals surface area contributed by atoms with Crippen LogP contribution in [0.2, 0.25) is 0 Å². The third-order valence-electron chi connectivity index (χ3n) is 9.02. The smallest absolute Gasteiger partial charge is 0.264 e. The maximum Gasteiger partial charge on any atom is 0.264 e. The van der Waals surface area contributed by atoms with Gasteiger partial charge in [-0.2, -0.15) is 0 Å². The Morgan fingerprint density at radius 1 is 1.00 bits per heavy atom. The molecule has 0 unspecified atom stereocenters. The molecule has 11 nitrogen and oxygen atoms in total. The number of rotatable bonds is 9. The van der Waals surface area contributed by atoms with Gasteiger partial charge in [0.05, 0.1) is 27.2 Å². The highest BCUT2D eigenvalue weighted by Crippen LogP contribution is 2.36. The first-order chi connectivity index (χ1) is 22.3. The Hall–Kier alpha value is -4.97. The van der Waals surface area contributed by atoms with Crippen molar-refractivity contribution in [3.63, 3.8) is 0 Å². The Balaban J connectivity index is 1.46. The molecular formula is C35H38N6O5S. The van der Waals surface area contributed by atoms with Gasteiger partial charge < -0.3 is 19.3 Å². The van der Waals surface area contributed by atoms with Gasteiger partial charge in [0.2, 0.25) is 11.8 Å². The molecule has 0 aliphatic carbocycles. The monoisotopic (exact) mass is 654 g/mol. The molecule has 3 heterocycles. The molecule has 2 N–H and O–H groups in total. The Morgan fingerprint density at radius 3 is 2.45 bits per heavy atom. The average Bonchev–Trinajstić information content (AvgIpc) is 3.63. The Bertz CT molecular complexity index is 2150. The zero-order valence-electron chi connectivity index (χ0n) is 27.3. The van der Waals surface area contributed by atoms with Crippen LogP contribution in [0, 0.1) is 26.2 Å². The quantitative estimate of drug-likeness (QED) is 0.211. The summed E-state index contributed by atoms with van der Waals surface area (Å²) < 4.78 is 37.4. The molecule has 0 spiro atoms. The first-order valence-electron chi connectivity index (χ1n) is 15.4. The molecule has 1 saturated heterocycles. The van der Waals surface area contributed by atoms with E-state index < -0.39 is 15.4 Å². The van der Waals surface area contributed by atoms with Gasteiger partial charge in [0.25, 0.3) is 15.9 Å². The summed E-state index contributed by atoms with van der Waals surface area (Å²) in [5.74, 6) is 0.667. The van der Waals surface area contributed by atoms with Crippen molar-refractivity contribution < 1.29 is 22.5 Å². The van der Waals surface area contributed by atoms with Gasteiger partial charge in [-0.05, 0) is 62.1 Å². The SMILES string of the molecule is CNC(=O)c1cccc2nc(C)n(Cc3ccc(-c4ccccc4S(=O)(=O)Nc4onc(C)c4C)c(CN4CCC(C)(C)C4=O)c3)c12. The van der Waals surface area contributed by atoms with Crippen molar-refractivity contribution in [2.75, 3.05) is 18.3 Å². The Morgan fingerprint density at radius 2 is 1.77 bits per heavy atom. The van der Waals surface area contributed by atoms with Gasteiger partial charge in [-0.1, -0.05) is 61.5 Å². The predicted octanol–water partition coefficient (Wildman–Crippen LogP) is 5.58. The first-order valence-corrected chi connectivity index (χ1v) is 16.9. The molecule has 1 aliphatic rings. The number of amides is 2. The number of imidazole rings is 1. The minimum Gasteiger partial charge on any atom is -0.355 e. The molecule has 0 atom stereocenters. The van der Waals surface area contributed by atoms with Crippen molar-refractivity contribution in [2.45, 2.75) is 59.0 Å². The van der Waals surface area contributed by atoms with E-state index in [0.717, 1.165) is 28.9 Å². The van der Waals surface area contributed by atoms with Crippen LogP contribution in [0.4, 0.5) is 5.88 Å². The van der Waals surface area contributed by atoms with Crippen LogP contribution >= 0.6 is 0 Å². The van der Waals surface area contributed by atoms with E-state index in [2.05, 4.69) is 15.2 Å². The van der Waals surface area contributed by atoms with Crippen LogP contribution in [-0.4, -0.2) is 53.4 Å². The molecule has 1 aliphatic heterocycles. The molecule has 12 heteroatoms. The summed E-state index contributed by atoms with van der Waals surface area (Å²) in [6, 6.07) is 18.1. The minimum absolute atomic E-state index is 0.0549. The number of aromatic nitrogens is 3. The van der Waals surface area contributed by atoms with Gasteiger partial charge in [0, 0.05) is 43.2 Å². The molecule has 2 amide bonds. The maximum atomic E-state index is 13.8. The van der Waals surface area contributed by atoms with E-state index in [-0.39, 0.29) is 22.6 Å². The molecule has 0 saturated carbocycles. The Kier molecular flexibility index (Phi) is 8.17. The van der Waals surface area contributed by atoms with Gasteiger partial charge in [0.1, 0.15) is 5.82 Å². The Labute approximate surface area is 274 Å². The van der Waals surface area contributed by atoms with Gasteiger partial charge in [-0.15, -0.1) is 0 Å². The zero-order chi connectivity index (χ0) is 33.7. The molecular weight excluding hydrogens is 616 g/mol. The molecule has 6 rings (SSSR count). The topological polar surface area (TPSA) is 139 Å². The second-order valence-corrected chi connectivity index (χ2v) is 14.3. The van der Waals surface area contributed by atoms with E-state index in [4.69, 9.17) is 9.51 Å². The van der Waals surface area contributed by atoms with E-state index in [0.29, 0.717) is 53.1 Å². The van der Waals surface area contributed by atoms with Gasteiger partial charge in [0.15, 0.2) is 0 Å². The van der Waals surface area contributed by atoms with Crippen LogP contribution in [0.25, 0.3) is 22.2 Å². The number of likely N-dealkylation sites (tertiary alicyclic amines) is 1. The second-order valence-electron chi connectivity index (χ2n) is 12.7. The molecule has 5 aromatic rings. The molecule has 47 heavy (non-hydrogen) atoms. The van der Waals surface area contributed by atoms with Gasteiger partial charge in [-0.25, -0.2) is 18.1 Å². The largest absolute Gasteiger partial charge is 0.355 e. The van der Waals surface area contributed by atoms with Crippen molar-refractivity contribution in [3.05, 3.63) is 94.4 Å². The fourth-order valence-electron chi connectivity index (χ4n) is 6.15. The standard InChI is InChI=1S/C35H38N6O5S/c1-21-22(2)38-46-33(21)39-47(44,45)30-13-8-7-10-27(30)26-15-14-24(18-25(26)20-40-17-16-35(4,5)34(40)43)19-41-23(3)37-29-12-9-11-28(31(29)41)32(42)36-6/h7-15,18,39H,16-17,19-20H2,1-6H3,(H,36,42). The lowest BCUT2D eigenvalue weighted by atomic mass is 9.92. The summed E-state index contributed by atoms with van der Waals surface area (Å²) >= 11 is 0. The van der Waals surface area contributed by atoms with Crippen LogP contribution in [0.3, 0.4) is 0 Å². The van der Waals surface area contributed by atoms with E-state index in [1.807, 2.05) is 60.6 Å². The summed E-state index contributed by atoms with van der Waals surface area (Å²) in [6.45, 7) is 10.6. The molecule has 3 aromatic carbocycles. The van der Waals surface area contributed by atoms with Crippen LogP contribution in [0.15, 0.2) is 70.1 Å². The van der Waals surface area contributed by atoms with Crippen LogP contribution in [0.5, 0.6) is 0 Å². The number of para-hydroxylation sites is 1. The van der Waals surface area contributed by atoms with Gasteiger partial charge in [-0.3, -0.25) is 9.59 Å². The van der Waals surface area contributed by atoms with Crippen LogP contribution in [-0.2, 0) is 27.9 Å². The van der Waals surface area contributed by atoms with Gasteiger partial charge >= 0.3 is 0 Å². The predicted molar refractivity (Wildman–Crippen MR) is 179 cm³/mol. The van der Waals surface area contributed by atoms with Crippen molar-refractivity contribution in [3.8, 4) is 11.1 Å². The number of benzene rings is 3. The third-order valence-corrected chi connectivity index (χ3v) is 10.4. The summed E-state index contributed by atoms with van der Waals surface area (Å²) in [5.41, 5.74) is 5.59. The number of fused-ring (bicyclic) bond motifs is 1. The molecule has 2 aromatic heterocycles. The third kappa shape index (κ3) is 5.89. The number of nitrogens with zero attached hydrogens (tertiary/aromatic N) is 4. The normalized spacial score (nSPS) is 14.6. The maximum absolute atomic E-state index is 13.8.